The van der Waals surface area contributed by atoms with Gasteiger partial charge in [0, 0.05) is 19.0 Å². The van der Waals surface area contributed by atoms with E-state index in [1.54, 1.807) is 0 Å². The molecule has 1 aliphatic carbocycles. The molecule has 2 heterocycles. The van der Waals surface area contributed by atoms with Gasteiger partial charge in [-0.1, -0.05) is 24.4 Å². The van der Waals surface area contributed by atoms with Gasteiger partial charge in [-0.3, -0.25) is 0 Å². The molecule has 3 rings (SSSR count). The van der Waals surface area contributed by atoms with Gasteiger partial charge < -0.3 is 5.11 Å². The first kappa shape index (κ1) is 16.2. The Balaban J connectivity index is 1.84. The van der Waals surface area contributed by atoms with Crippen LogP contribution in [-0.2, 0) is 10.0 Å². The van der Waals surface area contributed by atoms with Gasteiger partial charge in [0.1, 0.15) is 4.21 Å². The van der Waals surface area contributed by atoms with Crippen molar-refractivity contribution in [2.75, 3.05) is 13.1 Å². The maximum absolute atomic E-state index is 12.7. The van der Waals surface area contributed by atoms with Crippen LogP contribution in [0.5, 0.6) is 0 Å². The molecule has 0 amide bonds. The molecule has 1 aliphatic heterocycles. The predicted octanol–water partition coefficient (Wildman–Crippen LogP) is 3.48. The molecule has 0 spiro atoms. The van der Waals surface area contributed by atoms with Crippen LogP contribution in [0.4, 0.5) is 0 Å². The molecule has 118 valence electrons. The maximum atomic E-state index is 12.7. The van der Waals surface area contributed by atoms with Gasteiger partial charge in [0.25, 0.3) is 10.0 Å². The fourth-order valence-corrected chi connectivity index (χ4v) is 7.38. The molecule has 2 atom stereocenters. The van der Waals surface area contributed by atoms with E-state index in [2.05, 4.69) is 15.9 Å². The molecule has 0 radical (unpaired) electrons. The zero-order valence-corrected chi connectivity index (χ0v) is 15.4. The first-order valence-electron chi connectivity index (χ1n) is 7.00. The van der Waals surface area contributed by atoms with Crippen molar-refractivity contribution < 1.29 is 13.5 Å². The summed E-state index contributed by atoms with van der Waals surface area (Å²) in [7, 11) is -3.51. The molecule has 2 fully saturated rings. The molecule has 1 aromatic rings. The van der Waals surface area contributed by atoms with Crippen LogP contribution in [-0.4, -0.2) is 36.5 Å². The van der Waals surface area contributed by atoms with Gasteiger partial charge in [-0.05, 0) is 41.3 Å². The maximum Gasteiger partial charge on any atom is 0.252 e. The van der Waals surface area contributed by atoms with Crippen LogP contribution in [0.1, 0.15) is 32.1 Å². The first-order chi connectivity index (χ1) is 9.83. The summed E-state index contributed by atoms with van der Waals surface area (Å²) in [6.07, 6.45) is 4.32. The predicted molar refractivity (Wildman–Crippen MR) is 87.3 cm³/mol. The zero-order valence-electron chi connectivity index (χ0n) is 11.4. The van der Waals surface area contributed by atoms with Crippen molar-refractivity contribution in [1.29, 1.82) is 0 Å². The Morgan fingerprint density at radius 2 is 2.19 bits per heavy atom. The van der Waals surface area contributed by atoms with Crippen LogP contribution in [0.25, 0.3) is 0 Å². The van der Waals surface area contributed by atoms with Gasteiger partial charge in [-0.15, -0.1) is 11.3 Å². The number of sulfonamides is 1. The van der Waals surface area contributed by atoms with Gasteiger partial charge in [-0.25, -0.2) is 8.42 Å². The van der Waals surface area contributed by atoms with Crippen molar-refractivity contribution in [2.45, 2.75) is 41.9 Å². The van der Waals surface area contributed by atoms with Crippen LogP contribution < -0.4 is 0 Å². The summed E-state index contributed by atoms with van der Waals surface area (Å²) in [4.78, 5) is 0. The fraction of sp³-hybridized carbons (Fsp3) is 0.692. The minimum absolute atomic E-state index is 0.0497. The molecule has 8 heteroatoms. The third-order valence-electron chi connectivity index (χ3n) is 4.61. The number of piperidine rings is 1. The second-order valence-corrected chi connectivity index (χ2v) is 10.8. The summed E-state index contributed by atoms with van der Waals surface area (Å²) < 4.78 is 27.8. The Labute approximate surface area is 142 Å². The highest BCUT2D eigenvalue weighted by Gasteiger charge is 2.45. The lowest BCUT2D eigenvalue weighted by Gasteiger charge is -2.46. The number of rotatable bonds is 2. The average molecular weight is 415 g/mol. The van der Waals surface area contributed by atoms with Crippen LogP contribution in [0.2, 0.25) is 5.02 Å². The molecule has 0 bridgehead atoms. The van der Waals surface area contributed by atoms with Crippen LogP contribution in [0, 0.1) is 5.92 Å². The Morgan fingerprint density at radius 3 is 2.86 bits per heavy atom. The highest BCUT2D eigenvalue weighted by molar-refractivity contribution is 9.11. The monoisotopic (exact) mass is 413 g/mol. The summed E-state index contributed by atoms with van der Waals surface area (Å²) in [5.74, 6) is 0.0497. The van der Waals surface area contributed by atoms with E-state index < -0.39 is 15.6 Å². The van der Waals surface area contributed by atoms with Crippen molar-refractivity contribution in [2.24, 2.45) is 5.92 Å². The Hall–Kier alpha value is 0.340. The molecule has 1 aromatic heterocycles. The Morgan fingerprint density at radius 1 is 1.43 bits per heavy atom. The molecular weight excluding hydrogens is 398 g/mol. The molecule has 0 aromatic carbocycles. The summed E-state index contributed by atoms with van der Waals surface area (Å²) in [6, 6.07) is 1.49. The number of fused-ring (bicyclic) bond motifs is 1. The van der Waals surface area contributed by atoms with E-state index in [0.717, 1.165) is 37.0 Å². The minimum Gasteiger partial charge on any atom is -0.390 e. The number of hydrogen-bond donors (Lipinski definition) is 1. The highest BCUT2D eigenvalue weighted by atomic mass is 79.9. The van der Waals surface area contributed by atoms with E-state index in [1.807, 2.05) is 0 Å². The average Bonchev–Trinajstić information content (AvgIpc) is 2.78. The van der Waals surface area contributed by atoms with E-state index in [1.165, 1.54) is 10.4 Å². The molecule has 21 heavy (non-hydrogen) atoms. The fourth-order valence-electron chi connectivity index (χ4n) is 3.34. The van der Waals surface area contributed by atoms with Crippen molar-refractivity contribution in [1.82, 2.24) is 4.31 Å². The summed E-state index contributed by atoms with van der Waals surface area (Å²) >= 11 is 10.3. The second kappa shape index (κ2) is 5.76. The van der Waals surface area contributed by atoms with E-state index in [0.29, 0.717) is 28.3 Å². The first-order valence-corrected chi connectivity index (χ1v) is 10.4. The SMILES string of the molecule is O=S(=O)(c1cc(Cl)c(Br)s1)N1CCC2(O)CCCCC2C1. The molecule has 1 saturated heterocycles. The zero-order chi connectivity index (χ0) is 15.3. The van der Waals surface area contributed by atoms with Crippen molar-refractivity contribution in [3.05, 3.63) is 14.9 Å². The van der Waals surface area contributed by atoms with Crippen molar-refractivity contribution in [3.63, 3.8) is 0 Å². The minimum atomic E-state index is -3.51. The molecule has 4 nitrogen and oxygen atoms in total. The summed E-state index contributed by atoms with van der Waals surface area (Å²) in [6.45, 7) is 0.786. The Kier molecular flexibility index (Phi) is 4.45. The number of halogens is 2. The number of nitrogens with zero attached hydrogens (tertiary/aromatic N) is 1. The summed E-state index contributed by atoms with van der Waals surface area (Å²) in [5.41, 5.74) is -0.669. The molecule has 2 unspecified atom stereocenters. The number of thiophene rings is 1. The third-order valence-corrected chi connectivity index (χ3v) is 9.40. The lowest BCUT2D eigenvalue weighted by atomic mass is 9.72. The normalized spacial score (nSPS) is 31.1. The van der Waals surface area contributed by atoms with Crippen molar-refractivity contribution in [3.8, 4) is 0 Å². The number of hydrogen-bond acceptors (Lipinski definition) is 4. The standard InChI is InChI=1S/C13H17BrClNO3S2/c14-12-10(15)7-11(20-12)21(18,19)16-6-5-13(17)4-2-1-3-9(13)8-16/h7,9,17H,1-6,8H2. The van der Waals surface area contributed by atoms with Gasteiger partial charge in [0.05, 0.1) is 14.4 Å². The van der Waals surface area contributed by atoms with E-state index in [9.17, 15) is 13.5 Å². The molecule has 2 aliphatic rings. The van der Waals surface area contributed by atoms with E-state index >= 15 is 0 Å². The summed E-state index contributed by atoms with van der Waals surface area (Å²) in [5, 5.41) is 11.1. The van der Waals surface area contributed by atoms with Gasteiger partial charge in [0.15, 0.2) is 0 Å². The third kappa shape index (κ3) is 2.93. The van der Waals surface area contributed by atoms with Crippen LogP contribution in [0.3, 0.4) is 0 Å². The molecule has 1 N–H and O–H groups in total. The lowest BCUT2D eigenvalue weighted by molar-refractivity contribution is -0.0816. The quantitative estimate of drug-likeness (QED) is 0.806. The topological polar surface area (TPSA) is 57.6 Å². The van der Waals surface area contributed by atoms with Gasteiger partial charge >= 0.3 is 0 Å². The lowest BCUT2D eigenvalue weighted by Crippen LogP contribution is -2.54. The number of aliphatic hydroxyl groups is 1. The van der Waals surface area contributed by atoms with Crippen molar-refractivity contribution >= 4 is 48.9 Å². The van der Waals surface area contributed by atoms with Crippen LogP contribution >= 0.6 is 38.9 Å². The van der Waals surface area contributed by atoms with Crippen LogP contribution in [0.15, 0.2) is 14.1 Å². The molecular formula is C13H17BrClNO3S2. The Bertz CT molecular complexity index is 628. The second-order valence-electron chi connectivity index (χ2n) is 5.85. The smallest absolute Gasteiger partial charge is 0.252 e. The van der Waals surface area contributed by atoms with Gasteiger partial charge in [-0.2, -0.15) is 4.31 Å². The largest absolute Gasteiger partial charge is 0.390 e. The van der Waals surface area contributed by atoms with Gasteiger partial charge in [0.2, 0.25) is 0 Å². The highest BCUT2D eigenvalue weighted by Crippen LogP contribution is 2.42. The van der Waals surface area contributed by atoms with E-state index in [4.69, 9.17) is 11.6 Å². The molecule has 1 saturated carbocycles. The van der Waals surface area contributed by atoms with E-state index in [-0.39, 0.29) is 10.1 Å².